The molecule has 0 aliphatic heterocycles. The van der Waals surface area contributed by atoms with Crippen molar-refractivity contribution in [1.82, 2.24) is 4.90 Å². The predicted octanol–water partition coefficient (Wildman–Crippen LogP) is 3.19. The van der Waals surface area contributed by atoms with Crippen molar-refractivity contribution < 1.29 is 0 Å². The van der Waals surface area contributed by atoms with Crippen LogP contribution in [0.25, 0.3) is 0 Å². The van der Waals surface area contributed by atoms with Crippen LogP contribution in [-0.2, 0) is 0 Å². The number of rotatable bonds is 5. The summed E-state index contributed by atoms with van der Waals surface area (Å²) in [6.45, 7) is 6.66. The summed E-state index contributed by atoms with van der Waals surface area (Å²) in [7, 11) is 0. The first-order valence-corrected chi connectivity index (χ1v) is 6.35. The minimum atomic E-state index is 0.684. The summed E-state index contributed by atoms with van der Waals surface area (Å²) >= 11 is 0. The second kappa shape index (κ2) is 6.85. The summed E-state index contributed by atoms with van der Waals surface area (Å²) in [5.41, 5.74) is 0. The van der Waals surface area contributed by atoms with Crippen LogP contribution in [0.3, 0.4) is 0 Å². The second-order valence-electron chi connectivity index (χ2n) is 5.09. The fourth-order valence-electron chi connectivity index (χ4n) is 2.53. The highest BCUT2D eigenvalue weighted by Crippen LogP contribution is 2.23. The quantitative estimate of drug-likeness (QED) is 0.694. The molecule has 0 saturated heterocycles. The van der Waals surface area contributed by atoms with Gasteiger partial charge in [0, 0.05) is 25.6 Å². The molecule has 1 aliphatic rings. The van der Waals surface area contributed by atoms with Crippen LogP contribution < -0.4 is 0 Å². The molecule has 0 unspecified atom stereocenters. The standard InChI is InChI=1S/C13H24N2/c1-12(2)11-15(10-6-9-14)13-7-4-3-5-8-13/h12-13H,3-8,10-11H2,1-2H3. The Balaban J connectivity index is 2.42. The molecular formula is C13H24N2. The van der Waals surface area contributed by atoms with Crippen LogP contribution in [0.4, 0.5) is 0 Å². The van der Waals surface area contributed by atoms with Crippen LogP contribution in [0, 0.1) is 17.2 Å². The van der Waals surface area contributed by atoms with Crippen molar-refractivity contribution in [1.29, 1.82) is 5.26 Å². The van der Waals surface area contributed by atoms with Crippen LogP contribution in [0.15, 0.2) is 0 Å². The molecule has 0 aromatic heterocycles. The van der Waals surface area contributed by atoms with Crippen LogP contribution in [-0.4, -0.2) is 24.0 Å². The van der Waals surface area contributed by atoms with Gasteiger partial charge in [0.05, 0.1) is 6.07 Å². The van der Waals surface area contributed by atoms with E-state index in [1.54, 1.807) is 0 Å². The van der Waals surface area contributed by atoms with Crippen LogP contribution in [0.1, 0.15) is 52.4 Å². The lowest BCUT2D eigenvalue weighted by atomic mass is 9.93. The zero-order chi connectivity index (χ0) is 11.1. The molecule has 1 saturated carbocycles. The Hall–Kier alpha value is -0.550. The molecule has 0 radical (unpaired) electrons. The summed E-state index contributed by atoms with van der Waals surface area (Å²) in [5.74, 6) is 0.714. The van der Waals surface area contributed by atoms with E-state index < -0.39 is 0 Å². The molecule has 2 nitrogen and oxygen atoms in total. The number of hydrogen-bond acceptors (Lipinski definition) is 2. The Morgan fingerprint density at radius 3 is 2.47 bits per heavy atom. The van der Waals surface area contributed by atoms with Gasteiger partial charge in [-0.1, -0.05) is 33.1 Å². The van der Waals surface area contributed by atoms with E-state index in [9.17, 15) is 0 Å². The van der Waals surface area contributed by atoms with E-state index in [4.69, 9.17) is 5.26 Å². The first kappa shape index (κ1) is 12.5. The van der Waals surface area contributed by atoms with E-state index in [0.29, 0.717) is 12.3 Å². The average Bonchev–Trinajstić information content (AvgIpc) is 2.25. The van der Waals surface area contributed by atoms with Crippen molar-refractivity contribution in [2.45, 2.75) is 58.4 Å². The smallest absolute Gasteiger partial charge is 0.0635 e. The van der Waals surface area contributed by atoms with E-state index in [-0.39, 0.29) is 0 Å². The molecule has 15 heavy (non-hydrogen) atoms. The molecular weight excluding hydrogens is 184 g/mol. The predicted molar refractivity (Wildman–Crippen MR) is 63.5 cm³/mol. The third kappa shape index (κ3) is 4.66. The summed E-state index contributed by atoms with van der Waals surface area (Å²) < 4.78 is 0. The van der Waals surface area contributed by atoms with Gasteiger partial charge in [-0.2, -0.15) is 5.26 Å². The topological polar surface area (TPSA) is 27.0 Å². The number of hydrogen-bond donors (Lipinski definition) is 0. The van der Waals surface area contributed by atoms with Crippen LogP contribution in [0.2, 0.25) is 0 Å². The monoisotopic (exact) mass is 208 g/mol. The van der Waals surface area contributed by atoms with E-state index in [1.807, 2.05) is 0 Å². The Kier molecular flexibility index (Phi) is 5.71. The van der Waals surface area contributed by atoms with Crippen molar-refractivity contribution in [2.24, 2.45) is 5.92 Å². The van der Waals surface area contributed by atoms with Crippen molar-refractivity contribution in [3.05, 3.63) is 0 Å². The molecule has 1 aliphatic carbocycles. The normalized spacial score (nSPS) is 18.3. The third-order valence-electron chi connectivity index (χ3n) is 3.20. The van der Waals surface area contributed by atoms with E-state index in [1.165, 1.54) is 32.1 Å². The first-order chi connectivity index (χ1) is 7.24. The van der Waals surface area contributed by atoms with Crippen molar-refractivity contribution in [3.63, 3.8) is 0 Å². The van der Waals surface area contributed by atoms with Gasteiger partial charge in [0.15, 0.2) is 0 Å². The Bertz CT molecular complexity index is 199. The molecule has 0 heterocycles. The minimum Gasteiger partial charge on any atom is -0.299 e. The average molecular weight is 208 g/mol. The summed E-state index contributed by atoms with van der Waals surface area (Å²) in [6, 6.07) is 3.03. The van der Waals surface area contributed by atoms with Gasteiger partial charge in [-0.3, -0.25) is 4.90 Å². The van der Waals surface area contributed by atoms with Gasteiger partial charge in [-0.25, -0.2) is 0 Å². The molecule has 0 bridgehead atoms. The fraction of sp³-hybridized carbons (Fsp3) is 0.923. The maximum absolute atomic E-state index is 8.67. The molecule has 0 N–H and O–H groups in total. The lowest BCUT2D eigenvalue weighted by Crippen LogP contribution is -2.39. The Morgan fingerprint density at radius 1 is 1.27 bits per heavy atom. The minimum absolute atomic E-state index is 0.684. The van der Waals surface area contributed by atoms with E-state index in [0.717, 1.165) is 19.1 Å². The maximum Gasteiger partial charge on any atom is 0.0635 e. The van der Waals surface area contributed by atoms with Gasteiger partial charge in [-0.15, -0.1) is 0 Å². The molecule has 0 aromatic rings. The van der Waals surface area contributed by atoms with Gasteiger partial charge in [0.1, 0.15) is 0 Å². The molecule has 2 heteroatoms. The highest BCUT2D eigenvalue weighted by Gasteiger charge is 2.20. The zero-order valence-electron chi connectivity index (χ0n) is 10.2. The maximum atomic E-state index is 8.67. The largest absolute Gasteiger partial charge is 0.299 e. The van der Waals surface area contributed by atoms with Gasteiger partial charge >= 0.3 is 0 Å². The molecule has 0 aromatic carbocycles. The number of nitrogens with zero attached hydrogens (tertiary/aromatic N) is 2. The van der Waals surface area contributed by atoms with Crippen LogP contribution in [0.5, 0.6) is 0 Å². The van der Waals surface area contributed by atoms with Crippen LogP contribution >= 0.6 is 0 Å². The van der Waals surface area contributed by atoms with E-state index in [2.05, 4.69) is 24.8 Å². The molecule has 1 fully saturated rings. The van der Waals surface area contributed by atoms with Crippen molar-refractivity contribution >= 4 is 0 Å². The molecule has 86 valence electrons. The van der Waals surface area contributed by atoms with Gasteiger partial charge in [0.2, 0.25) is 0 Å². The zero-order valence-corrected chi connectivity index (χ0v) is 10.2. The Labute approximate surface area is 94.3 Å². The van der Waals surface area contributed by atoms with Gasteiger partial charge in [0.25, 0.3) is 0 Å². The SMILES string of the molecule is CC(C)CN(CCC#N)C1CCCCC1. The van der Waals surface area contributed by atoms with Crippen molar-refractivity contribution in [2.75, 3.05) is 13.1 Å². The van der Waals surface area contributed by atoms with Gasteiger partial charge < -0.3 is 0 Å². The first-order valence-electron chi connectivity index (χ1n) is 6.35. The van der Waals surface area contributed by atoms with Gasteiger partial charge in [-0.05, 0) is 18.8 Å². The third-order valence-corrected chi connectivity index (χ3v) is 3.20. The number of nitriles is 1. The molecule has 0 spiro atoms. The summed E-state index contributed by atoms with van der Waals surface area (Å²) in [4.78, 5) is 2.55. The molecule has 0 atom stereocenters. The highest BCUT2D eigenvalue weighted by atomic mass is 15.2. The summed E-state index contributed by atoms with van der Waals surface area (Å²) in [6.07, 6.45) is 7.54. The molecule has 1 rings (SSSR count). The Morgan fingerprint density at radius 2 is 1.93 bits per heavy atom. The van der Waals surface area contributed by atoms with Crippen molar-refractivity contribution in [3.8, 4) is 6.07 Å². The lowest BCUT2D eigenvalue weighted by molar-refractivity contribution is 0.143. The van der Waals surface area contributed by atoms with E-state index >= 15 is 0 Å². The fourth-order valence-corrected chi connectivity index (χ4v) is 2.53. The molecule has 0 amide bonds. The second-order valence-corrected chi connectivity index (χ2v) is 5.09. The summed E-state index contributed by atoms with van der Waals surface area (Å²) in [5, 5.41) is 8.67. The lowest BCUT2D eigenvalue weighted by Gasteiger charge is -2.35. The highest BCUT2D eigenvalue weighted by molar-refractivity contribution is 4.80.